The molecule has 0 saturated heterocycles. The second-order valence-electron chi connectivity index (χ2n) is 5.14. The van der Waals surface area contributed by atoms with Gasteiger partial charge in [0.1, 0.15) is 0 Å². The van der Waals surface area contributed by atoms with E-state index in [1.54, 1.807) is 0 Å². The van der Waals surface area contributed by atoms with E-state index in [1.807, 2.05) is 6.08 Å². The smallest absolute Gasteiger partial charge is 0.0640 e. The largest absolute Gasteiger partial charge is 0.313 e. The molecular weight excluding hydrogens is 234 g/mol. The minimum Gasteiger partial charge on any atom is -0.313 e. The van der Waals surface area contributed by atoms with Crippen LogP contribution >= 0.6 is 0 Å². The van der Waals surface area contributed by atoms with Gasteiger partial charge in [-0.05, 0) is 38.3 Å². The summed E-state index contributed by atoms with van der Waals surface area (Å²) in [7, 11) is 0. The van der Waals surface area contributed by atoms with Crippen molar-refractivity contribution in [1.29, 1.82) is 0 Å². The van der Waals surface area contributed by atoms with E-state index < -0.39 is 0 Å². The van der Waals surface area contributed by atoms with Crippen LogP contribution in [-0.2, 0) is 6.42 Å². The summed E-state index contributed by atoms with van der Waals surface area (Å²) >= 11 is 0. The lowest BCUT2D eigenvalue weighted by molar-refractivity contribution is 0.421. The molecule has 1 N–H and O–H groups in total. The second-order valence-corrected chi connectivity index (χ2v) is 5.14. The highest BCUT2D eigenvalue weighted by atomic mass is 15.3. The molecular formula is C16H29N3. The van der Waals surface area contributed by atoms with Crippen molar-refractivity contribution >= 4 is 0 Å². The Balaban J connectivity index is 2.61. The molecule has 0 aromatic carbocycles. The number of rotatable bonds is 10. The zero-order valence-corrected chi connectivity index (χ0v) is 12.7. The maximum atomic E-state index is 4.72. The van der Waals surface area contributed by atoms with E-state index in [4.69, 9.17) is 5.10 Å². The Morgan fingerprint density at radius 3 is 2.68 bits per heavy atom. The minimum atomic E-state index is 0.461. The molecule has 0 aliphatic heterocycles. The fraction of sp³-hybridized carbons (Fsp3) is 0.688. The van der Waals surface area contributed by atoms with E-state index in [2.05, 4.69) is 49.6 Å². The quantitative estimate of drug-likeness (QED) is 0.652. The molecule has 0 aliphatic carbocycles. The van der Waals surface area contributed by atoms with Crippen LogP contribution in [-0.4, -0.2) is 22.4 Å². The van der Waals surface area contributed by atoms with Crippen molar-refractivity contribution < 1.29 is 0 Å². The van der Waals surface area contributed by atoms with Crippen molar-refractivity contribution in [2.24, 2.45) is 0 Å². The monoisotopic (exact) mass is 263 g/mol. The van der Waals surface area contributed by atoms with E-state index in [-0.39, 0.29) is 0 Å². The van der Waals surface area contributed by atoms with Crippen LogP contribution in [0.5, 0.6) is 0 Å². The lowest BCUT2D eigenvalue weighted by atomic mass is 10.1. The summed E-state index contributed by atoms with van der Waals surface area (Å²) < 4.78 is 2.13. The molecule has 1 aromatic heterocycles. The van der Waals surface area contributed by atoms with Crippen LogP contribution in [0.3, 0.4) is 0 Å². The first-order chi connectivity index (χ1) is 9.24. The average molecular weight is 263 g/mol. The Morgan fingerprint density at radius 1 is 1.37 bits per heavy atom. The van der Waals surface area contributed by atoms with Crippen LogP contribution in [0.25, 0.3) is 0 Å². The predicted octanol–water partition coefficient (Wildman–Crippen LogP) is 3.73. The Morgan fingerprint density at radius 2 is 2.11 bits per heavy atom. The third-order valence-corrected chi connectivity index (χ3v) is 3.57. The van der Waals surface area contributed by atoms with Gasteiger partial charge in [0.15, 0.2) is 0 Å². The summed E-state index contributed by atoms with van der Waals surface area (Å²) in [6.45, 7) is 11.5. The molecule has 0 saturated carbocycles. The fourth-order valence-electron chi connectivity index (χ4n) is 2.39. The molecule has 0 aliphatic rings. The van der Waals surface area contributed by atoms with E-state index in [0.717, 1.165) is 38.6 Å². The molecule has 0 fully saturated rings. The zero-order valence-electron chi connectivity index (χ0n) is 12.7. The first-order valence-electron chi connectivity index (χ1n) is 7.63. The second kappa shape index (κ2) is 8.92. The molecule has 1 rings (SSSR count). The average Bonchev–Trinajstić information content (AvgIpc) is 2.86. The van der Waals surface area contributed by atoms with E-state index >= 15 is 0 Å². The van der Waals surface area contributed by atoms with Crippen LogP contribution < -0.4 is 5.32 Å². The van der Waals surface area contributed by atoms with Crippen molar-refractivity contribution in [3.8, 4) is 0 Å². The van der Waals surface area contributed by atoms with Gasteiger partial charge in [-0.1, -0.05) is 26.8 Å². The Kier molecular flexibility index (Phi) is 7.49. The van der Waals surface area contributed by atoms with E-state index in [9.17, 15) is 0 Å². The van der Waals surface area contributed by atoms with E-state index in [1.165, 1.54) is 5.69 Å². The van der Waals surface area contributed by atoms with Gasteiger partial charge in [0.05, 0.1) is 11.7 Å². The van der Waals surface area contributed by atoms with Crippen molar-refractivity contribution in [2.45, 2.75) is 65.0 Å². The summed E-state index contributed by atoms with van der Waals surface area (Å²) in [5.74, 6) is 0. The molecule has 1 heterocycles. The molecule has 3 heteroatoms. The fourth-order valence-corrected chi connectivity index (χ4v) is 2.39. The van der Waals surface area contributed by atoms with Crippen LogP contribution in [0.4, 0.5) is 0 Å². The summed E-state index contributed by atoms with van der Waals surface area (Å²) in [5.41, 5.74) is 1.18. The van der Waals surface area contributed by atoms with Gasteiger partial charge in [0, 0.05) is 18.7 Å². The van der Waals surface area contributed by atoms with Crippen molar-refractivity contribution in [3.05, 3.63) is 30.6 Å². The maximum absolute atomic E-state index is 4.72. The number of hydrogen-bond donors (Lipinski definition) is 1. The maximum Gasteiger partial charge on any atom is 0.0640 e. The van der Waals surface area contributed by atoms with Gasteiger partial charge in [-0.2, -0.15) is 5.10 Å². The highest BCUT2D eigenvalue weighted by Gasteiger charge is 2.11. The SMILES string of the molecule is C=CCC(Cc1ccn(C(CC)CC)n1)NCCC. The standard InChI is InChI=1S/C16H29N3/c1-5-9-14(17-11-6-2)13-15-10-12-19(18-15)16(7-3)8-4/h5,10,12,14,16-17H,1,6-9,11,13H2,2-4H3. The highest BCUT2D eigenvalue weighted by Crippen LogP contribution is 2.15. The third-order valence-electron chi connectivity index (χ3n) is 3.57. The topological polar surface area (TPSA) is 29.9 Å². The van der Waals surface area contributed by atoms with Crippen LogP contribution in [0.2, 0.25) is 0 Å². The van der Waals surface area contributed by atoms with E-state index in [0.29, 0.717) is 12.1 Å². The van der Waals surface area contributed by atoms with Crippen molar-refractivity contribution in [3.63, 3.8) is 0 Å². The number of aromatic nitrogens is 2. The summed E-state index contributed by atoms with van der Waals surface area (Å²) in [6.07, 6.45) is 9.54. The number of nitrogens with one attached hydrogen (secondary N) is 1. The molecule has 1 unspecified atom stereocenters. The Labute approximate surface area is 118 Å². The Bertz CT molecular complexity index is 353. The molecule has 0 amide bonds. The molecule has 1 atom stereocenters. The van der Waals surface area contributed by atoms with Gasteiger partial charge in [-0.15, -0.1) is 6.58 Å². The van der Waals surface area contributed by atoms with Crippen molar-refractivity contribution in [2.75, 3.05) is 6.54 Å². The summed E-state index contributed by atoms with van der Waals surface area (Å²) in [5, 5.41) is 8.29. The third kappa shape index (κ3) is 5.19. The molecule has 19 heavy (non-hydrogen) atoms. The normalized spacial score (nSPS) is 12.8. The zero-order chi connectivity index (χ0) is 14.1. The molecule has 0 radical (unpaired) electrons. The molecule has 3 nitrogen and oxygen atoms in total. The number of nitrogens with zero attached hydrogens (tertiary/aromatic N) is 2. The predicted molar refractivity (Wildman–Crippen MR) is 82.4 cm³/mol. The molecule has 0 spiro atoms. The van der Waals surface area contributed by atoms with Crippen molar-refractivity contribution in [1.82, 2.24) is 15.1 Å². The summed E-state index contributed by atoms with van der Waals surface area (Å²) in [4.78, 5) is 0. The van der Waals surface area contributed by atoms with Gasteiger partial charge in [0.2, 0.25) is 0 Å². The first kappa shape index (κ1) is 16.0. The first-order valence-corrected chi connectivity index (χ1v) is 7.63. The lowest BCUT2D eigenvalue weighted by Gasteiger charge is -2.16. The van der Waals surface area contributed by atoms with Crippen LogP contribution in [0.1, 0.15) is 58.2 Å². The molecule has 108 valence electrons. The Hall–Kier alpha value is -1.09. The highest BCUT2D eigenvalue weighted by molar-refractivity contribution is 5.03. The van der Waals surface area contributed by atoms with Crippen LogP contribution in [0.15, 0.2) is 24.9 Å². The molecule has 1 aromatic rings. The molecule has 0 bridgehead atoms. The number of hydrogen-bond acceptors (Lipinski definition) is 2. The van der Waals surface area contributed by atoms with Gasteiger partial charge >= 0.3 is 0 Å². The van der Waals surface area contributed by atoms with Gasteiger partial charge in [-0.25, -0.2) is 0 Å². The summed E-state index contributed by atoms with van der Waals surface area (Å²) in [6, 6.07) is 3.15. The minimum absolute atomic E-state index is 0.461. The van der Waals surface area contributed by atoms with Crippen LogP contribution in [0, 0.1) is 0 Å². The van der Waals surface area contributed by atoms with Gasteiger partial charge in [-0.3, -0.25) is 4.68 Å². The lowest BCUT2D eigenvalue weighted by Crippen LogP contribution is -2.31. The van der Waals surface area contributed by atoms with Gasteiger partial charge < -0.3 is 5.32 Å². The van der Waals surface area contributed by atoms with Gasteiger partial charge in [0.25, 0.3) is 0 Å².